The van der Waals surface area contributed by atoms with Crippen LogP contribution in [0.25, 0.3) is 0 Å². The number of nitrogen functional groups attached to an aromatic ring is 1. The van der Waals surface area contributed by atoms with Crippen molar-refractivity contribution < 1.29 is 9.53 Å². The van der Waals surface area contributed by atoms with Gasteiger partial charge in [0.2, 0.25) is 0 Å². The minimum Gasteiger partial charge on any atom is -0.456 e. The number of nitrogens with two attached hydrogens (primary N) is 1. The molecule has 6 heteroatoms. The van der Waals surface area contributed by atoms with Crippen molar-refractivity contribution in [2.24, 2.45) is 0 Å². The minimum atomic E-state index is -0.196. The Morgan fingerprint density at radius 3 is 2.70 bits per heavy atom. The maximum atomic E-state index is 11.8. The molecule has 20 heavy (non-hydrogen) atoms. The molecular formula is C14H14ClN3O2. The van der Waals surface area contributed by atoms with E-state index in [0.717, 1.165) is 0 Å². The lowest BCUT2D eigenvalue weighted by atomic mass is 10.3. The Morgan fingerprint density at radius 1 is 1.30 bits per heavy atom. The Balaban J connectivity index is 2.26. The zero-order chi connectivity index (χ0) is 14.7. The molecule has 0 atom stereocenters. The largest absolute Gasteiger partial charge is 0.456 e. The Labute approximate surface area is 121 Å². The van der Waals surface area contributed by atoms with Gasteiger partial charge in [-0.15, -0.1) is 0 Å². The first-order valence-electron chi connectivity index (χ1n) is 5.88. The van der Waals surface area contributed by atoms with Gasteiger partial charge in [-0.3, -0.25) is 9.78 Å². The summed E-state index contributed by atoms with van der Waals surface area (Å²) in [6, 6.07) is 8.18. The predicted octanol–water partition coefficient (Wildman–Crippen LogP) is 2.81. The van der Waals surface area contributed by atoms with Crippen LogP contribution >= 0.6 is 11.6 Å². The minimum absolute atomic E-state index is 0.196. The lowest BCUT2D eigenvalue weighted by molar-refractivity contribution is 0.0821. The second-order valence-corrected chi connectivity index (χ2v) is 4.78. The van der Waals surface area contributed by atoms with Crippen LogP contribution in [0.4, 0.5) is 5.69 Å². The SMILES string of the molecule is CN(C)C(=O)c1cc(Oc2ccc(N)cc2Cl)ccn1. The van der Waals surface area contributed by atoms with E-state index >= 15 is 0 Å². The number of benzene rings is 1. The van der Waals surface area contributed by atoms with Crippen LogP contribution in [0.15, 0.2) is 36.5 Å². The van der Waals surface area contributed by atoms with E-state index in [0.29, 0.717) is 27.9 Å². The molecule has 0 saturated heterocycles. The van der Waals surface area contributed by atoms with E-state index in [4.69, 9.17) is 22.1 Å². The van der Waals surface area contributed by atoms with E-state index in [9.17, 15) is 4.79 Å². The molecule has 1 aromatic heterocycles. The third kappa shape index (κ3) is 3.19. The Hall–Kier alpha value is -2.27. The van der Waals surface area contributed by atoms with Crippen LogP contribution in [0.5, 0.6) is 11.5 Å². The average molecular weight is 292 g/mol. The van der Waals surface area contributed by atoms with Gasteiger partial charge in [0.15, 0.2) is 0 Å². The Bertz CT molecular complexity index is 644. The summed E-state index contributed by atoms with van der Waals surface area (Å²) >= 11 is 6.04. The Kier molecular flexibility index (Phi) is 4.10. The first kappa shape index (κ1) is 14.1. The van der Waals surface area contributed by atoms with Gasteiger partial charge >= 0.3 is 0 Å². The summed E-state index contributed by atoms with van der Waals surface area (Å²) in [5.41, 5.74) is 6.48. The van der Waals surface area contributed by atoms with Gasteiger partial charge in [0.1, 0.15) is 17.2 Å². The van der Waals surface area contributed by atoms with E-state index in [-0.39, 0.29) is 5.91 Å². The van der Waals surface area contributed by atoms with Crippen molar-refractivity contribution >= 4 is 23.2 Å². The number of hydrogen-bond acceptors (Lipinski definition) is 4. The molecule has 2 N–H and O–H groups in total. The van der Waals surface area contributed by atoms with E-state index in [1.165, 1.54) is 11.1 Å². The van der Waals surface area contributed by atoms with Crippen LogP contribution in [-0.4, -0.2) is 29.9 Å². The fraction of sp³-hybridized carbons (Fsp3) is 0.143. The molecule has 0 unspecified atom stereocenters. The number of amides is 1. The van der Waals surface area contributed by atoms with Crippen molar-refractivity contribution in [2.75, 3.05) is 19.8 Å². The van der Waals surface area contributed by atoms with E-state index in [2.05, 4.69) is 4.98 Å². The molecule has 104 valence electrons. The van der Waals surface area contributed by atoms with Crippen LogP contribution in [0.1, 0.15) is 10.5 Å². The molecule has 0 aliphatic carbocycles. The van der Waals surface area contributed by atoms with Gasteiger partial charge in [-0.05, 0) is 24.3 Å². The maximum absolute atomic E-state index is 11.8. The molecule has 0 radical (unpaired) electrons. The van der Waals surface area contributed by atoms with Crippen molar-refractivity contribution in [1.82, 2.24) is 9.88 Å². The quantitative estimate of drug-likeness (QED) is 0.883. The summed E-state index contributed by atoms with van der Waals surface area (Å²) in [4.78, 5) is 17.3. The zero-order valence-corrected chi connectivity index (χ0v) is 11.9. The molecule has 0 aliphatic rings. The van der Waals surface area contributed by atoms with Crippen LogP contribution in [-0.2, 0) is 0 Å². The standard InChI is InChI=1S/C14H14ClN3O2/c1-18(2)14(19)12-8-10(5-6-17-12)20-13-4-3-9(16)7-11(13)15/h3-8H,16H2,1-2H3. The van der Waals surface area contributed by atoms with Crippen LogP contribution < -0.4 is 10.5 Å². The monoisotopic (exact) mass is 291 g/mol. The fourth-order valence-corrected chi connectivity index (χ4v) is 1.78. The molecule has 0 bridgehead atoms. The van der Waals surface area contributed by atoms with Crippen molar-refractivity contribution in [3.63, 3.8) is 0 Å². The highest BCUT2D eigenvalue weighted by molar-refractivity contribution is 6.32. The smallest absolute Gasteiger partial charge is 0.272 e. The summed E-state index contributed by atoms with van der Waals surface area (Å²) in [6.07, 6.45) is 1.51. The number of rotatable bonds is 3. The van der Waals surface area contributed by atoms with Crippen LogP contribution in [0.2, 0.25) is 5.02 Å². The first-order chi connectivity index (χ1) is 9.47. The zero-order valence-electron chi connectivity index (χ0n) is 11.1. The average Bonchev–Trinajstić information content (AvgIpc) is 2.41. The highest BCUT2D eigenvalue weighted by Crippen LogP contribution is 2.30. The number of aromatic nitrogens is 1. The molecule has 1 aromatic carbocycles. The van der Waals surface area contributed by atoms with Crippen LogP contribution in [0.3, 0.4) is 0 Å². The lowest BCUT2D eigenvalue weighted by Crippen LogP contribution is -2.22. The van der Waals surface area contributed by atoms with Crippen LogP contribution in [0, 0.1) is 0 Å². The second kappa shape index (κ2) is 5.79. The van der Waals surface area contributed by atoms with Gasteiger partial charge in [0, 0.05) is 32.0 Å². The lowest BCUT2D eigenvalue weighted by Gasteiger charge is -2.11. The third-order valence-electron chi connectivity index (χ3n) is 2.54. The number of pyridine rings is 1. The number of carbonyl (C=O) groups excluding carboxylic acids is 1. The summed E-state index contributed by atoms with van der Waals surface area (Å²) < 4.78 is 5.64. The fourth-order valence-electron chi connectivity index (χ4n) is 1.55. The van der Waals surface area contributed by atoms with E-state index in [1.807, 2.05) is 0 Å². The normalized spacial score (nSPS) is 10.2. The molecule has 0 aliphatic heterocycles. The molecule has 1 amide bonds. The number of hydrogen-bond donors (Lipinski definition) is 1. The summed E-state index contributed by atoms with van der Waals surface area (Å²) in [6.45, 7) is 0. The molecule has 5 nitrogen and oxygen atoms in total. The van der Waals surface area contributed by atoms with Gasteiger partial charge in [-0.2, -0.15) is 0 Å². The topological polar surface area (TPSA) is 68.5 Å². The number of halogens is 1. The summed E-state index contributed by atoms with van der Waals surface area (Å²) in [5, 5.41) is 0.405. The molecule has 0 saturated carbocycles. The van der Waals surface area contributed by atoms with Gasteiger partial charge in [-0.1, -0.05) is 11.6 Å². The van der Waals surface area contributed by atoms with Crippen molar-refractivity contribution in [2.45, 2.75) is 0 Å². The van der Waals surface area contributed by atoms with Gasteiger partial charge in [0.05, 0.1) is 5.02 Å². The van der Waals surface area contributed by atoms with E-state index in [1.54, 1.807) is 44.4 Å². The molecule has 0 fully saturated rings. The predicted molar refractivity (Wildman–Crippen MR) is 78.2 cm³/mol. The maximum Gasteiger partial charge on any atom is 0.272 e. The van der Waals surface area contributed by atoms with Gasteiger partial charge in [-0.25, -0.2) is 0 Å². The number of nitrogens with zero attached hydrogens (tertiary/aromatic N) is 2. The number of carbonyl (C=O) groups is 1. The molecular weight excluding hydrogens is 278 g/mol. The molecule has 2 aromatic rings. The molecule has 2 rings (SSSR count). The molecule has 0 spiro atoms. The highest BCUT2D eigenvalue weighted by Gasteiger charge is 2.11. The van der Waals surface area contributed by atoms with Gasteiger partial charge < -0.3 is 15.4 Å². The summed E-state index contributed by atoms with van der Waals surface area (Å²) in [7, 11) is 3.32. The van der Waals surface area contributed by atoms with Gasteiger partial charge in [0.25, 0.3) is 5.91 Å². The van der Waals surface area contributed by atoms with Crippen molar-refractivity contribution in [3.8, 4) is 11.5 Å². The highest BCUT2D eigenvalue weighted by atomic mass is 35.5. The molecule has 1 heterocycles. The first-order valence-corrected chi connectivity index (χ1v) is 6.26. The van der Waals surface area contributed by atoms with E-state index < -0.39 is 0 Å². The third-order valence-corrected chi connectivity index (χ3v) is 2.84. The van der Waals surface area contributed by atoms with Crippen molar-refractivity contribution in [3.05, 3.63) is 47.2 Å². The second-order valence-electron chi connectivity index (χ2n) is 4.37. The van der Waals surface area contributed by atoms with Crippen molar-refractivity contribution in [1.29, 1.82) is 0 Å². The number of anilines is 1. The Morgan fingerprint density at radius 2 is 2.05 bits per heavy atom. The number of ether oxygens (including phenoxy) is 1. The summed E-state index contributed by atoms with van der Waals surface area (Å²) in [5.74, 6) is 0.756.